The van der Waals surface area contributed by atoms with E-state index in [-0.39, 0.29) is 5.41 Å². The Balaban J connectivity index is 1.25. The predicted octanol–water partition coefficient (Wildman–Crippen LogP) is 4.04. The van der Waals surface area contributed by atoms with Crippen LogP contribution in [0.4, 0.5) is 0 Å². The Kier molecular flexibility index (Phi) is 4.26. The van der Waals surface area contributed by atoms with Crippen LogP contribution in [0.15, 0.2) is 48.7 Å². The summed E-state index contributed by atoms with van der Waals surface area (Å²) in [5.74, 6) is 0.367. The highest BCUT2D eigenvalue weighted by atomic mass is 16.2. The summed E-state index contributed by atoms with van der Waals surface area (Å²) in [4.78, 5) is 23.0. The standard InChI is InChI=1S/C26H30N4O/c1-18-6-5-7-20(27-18)17-29-13-12-26(25(29)31)14-21-10-11-24(26)30(21)16-19-15-28(2)23-9-4-3-8-22(19)23/h3-9,15,21,24H,10-14,16-17H2,1-2H3/t21-,24-,26+/m1/s1. The van der Waals surface area contributed by atoms with Gasteiger partial charge in [0.1, 0.15) is 0 Å². The van der Waals surface area contributed by atoms with Crippen molar-refractivity contribution in [3.63, 3.8) is 0 Å². The largest absolute Gasteiger partial charge is 0.350 e. The third-order valence-electron chi connectivity index (χ3n) is 8.05. The zero-order valence-electron chi connectivity index (χ0n) is 18.4. The SMILES string of the molecule is Cc1cccc(CN2CC[C@@]3(C[C@H]4CC[C@H]3N4Cc3cn(C)c4ccccc34)C2=O)n1. The monoisotopic (exact) mass is 414 g/mol. The van der Waals surface area contributed by atoms with E-state index in [1.165, 1.54) is 22.9 Å². The van der Waals surface area contributed by atoms with Crippen LogP contribution in [0.3, 0.4) is 0 Å². The molecule has 2 bridgehead atoms. The van der Waals surface area contributed by atoms with E-state index in [0.29, 0.717) is 24.5 Å². The first-order valence-corrected chi connectivity index (χ1v) is 11.6. The number of pyridine rings is 1. The van der Waals surface area contributed by atoms with Gasteiger partial charge in [0.15, 0.2) is 0 Å². The summed E-state index contributed by atoms with van der Waals surface area (Å²) in [6.45, 7) is 4.46. The molecular weight excluding hydrogens is 384 g/mol. The normalized spacial score (nSPS) is 27.9. The van der Waals surface area contributed by atoms with Gasteiger partial charge in [-0.1, -0.05) is 24.3 Å². The Morgan fingerprint density at radius 2 is 1.97 bits per heavy atom. The molecule has 3 aromatic rings. The number of carbonyl (C=O) groups excluding carboxylic acids is 1. The minimum Gasteiger partial charge on any atom is -0.350 e. The molecule has 3 aliphatic rings. The highest BCUT2D eigenvalue weighted by Crippen LogP contribution is 2.55. The molecule has 6 rings (SSSR count). The lowest BCUT2D eigenvalue weighted by atomic mass is 9.72. The van der Waals surface area contributed by atoms with Gasteiger partial charge >= 0.3 is 0 Å². The fourth-order valence-corrected chi connectivity index (χ4v) is 6.68. The Hall–Kier alpha value is -2.66. The van der Waals surface area contributed by atoms with Crippen LogP contribution < -0.4 is 0 Å². The molecule has 0 unspecified atom stereocenters. The minimum absolute atomic E-state index is 0.183. The van der Waals surface area contributed by atoms with Crippen LogP contribution >= 0.6 is 0 Å². The Labute approximate surface area is 183 Å². The summed E-state index contributed by atoms with van der Waals surface area (Å²) in [6, 6.07) is 15.7. The van der Waals surface area contributed by atoms with Crippen molar-refractivity contribution >= 4 is 16.8 Å². The van der Waals surface area contributed by atoms with Crippen molar-refractivity contribution in [3.05, 3.63) is 65.6 Å². The van der Waals surface area contributed by atoms with Crippen molar-refractivity contribution in [2.75, 3.05) is 6.54 Å². The van der Waals surface area contributed by atoms with Crippen LogP contribution in [0.2, 0.25) is 0 Å². The molecule has 0 N–H and O–H groups in total. The van der Waals surface area contributed by atoms with Crippen molar-refractivity contribution in [1.29, 1.82) is 0 Å². The van der Waals surface area contributed by atoms with Gasteiger partial charge in [-0.3, -0.25) is 14.7 Å². The lowest BCUT2D eigenvalue weighted by molar-refractivity contribution is -0.138. The average molecular weight is 415 g/mol. The molecule has 31 heavy (non-hydrogen) atoms. The van der Waals surface area contributed by atoms with Gasteiger partial charge in [0, 0.05) is 55.0 Å². The summed E-state index contributed by atoms with van der Waals surface area (Å²) < 4.78 is 2.23. The van der Waals surface area contributed by atoms with Crippen molar-refractivity contribution in [2.24, 2.45) is 12.5 Å². The number of benzene rings is 1. The summed E-state index contributed by atoms with van der Waals surface area (Å²) in [5.41, 5.74) is 4.50. The average Bonchev–Trinajstić information content (AvgIpc) is 3.48. The van der Waals surface area contributed by atoms with E-state index in [9.17, 15) is 4.79 Å². The maximum atomic E-state index is 13.7. The second-order valence-electron chi connectivity index (χ2n) is 9.81. The summed E-state index contributed by atoms with van der Waals surface area (Å²) in [7, 11) is 2.13. The van der Waals surface area contributed by atoms with E-state index in [1.807, 2.05) is 25.1 Å². The van der Waals surface area contributed by atoms with Crippen LogP contribution in [-0.2, 0) is 24.9 Å². The van der Waals surface area contributed by atoms with E-state index in [0.717, 1.165) is 43.7 Å². The van der Waals surface area contributed by atoms with E-state index in [1.54, 1.807) is 0 Å². The van der Waals surface area contributed by atoms with E-state index >= 15 is 0 Å². The number of rotatable bonds is 4. The van der Waals surface area contributed by atoms with Gasteiger partial charge < -0.3 is 9.47 Å². The third kappa shape index (κ3) is 2.86. The fraction of sp³-hybridized carbons (Fsp3) is 0.462. The summed E-state index contributed by atoms with van der Waals surface area (Å²) in [6.07, 6.45) is 6.67. The molecular formula is C26H30N4O. The number of para-hydroxylation sites is 1. The van der Waals surface area contributed by atoms with Gasteiger partial charge in [0.2, 0.25) is 5.91 Å². The number of aryl methyl sites for hydroxylation is 2. The van der Waals surface area contributed by atoms with Crippen LogP contribution in [0, 0.1) is 12.3 Å². The minimum atomic E-state index is -0.183. The maximum Gasteiger partial charge on any atom is 0.230 e. The second kappa shape index (κ2) is 6.92. The lowest BCUT2D eigenvalue weighted by Crippen LogP contribution is -2.43. The first kappa shape index (κ1) is 19.1. The van der Waals surface area contributed by atoms with Gasteiger partial charge in [-0.25, -0.2) is 0 Å². The molecule has 160 valence electrons. The number of fused-ring (bicyclic) bond motifs is 4. The molecule has 0 saturated carbocycles. The zero-order valence-corrected chi connectivity index (χ0v) is 18.4. The van der Waals surface area contributed by atoms with Crippen molar-refractivity contribution in [1.82, 2.24) is 19.4 Å². The molecule has 3 fully saturated rings. The van der Waals surface area contributed by atoms with Crippen LogP contribution in [0.1, 0.15) is 42.6 Å². The molecule has 0 aliphatic carbocycles. The quantitative estimate of drug-likeness (QED) is 0.647. The molecule has 3 aliphatic heterocycles. The first-order chi connectivity index (χ1) is 15.0. The first-order valence-electron chi connectivity index (χ1n) is 11.6. The number of hydrogen-bond acceptors (Lipinski definition) is 3. The molecule has 3 atom stereocenters. The highest BCUT2D eigenvalue weighted by Gasteiger charge is 2.62. The van der Waals surface area contributed by atoms with Gasteiger partial charge in [-0.15, -0.1) is 0 Å². The van der Waals surface area contributed by atoms with Crippen molar-refractivity contribution in [3.8, 4) is 0 Å². The van der Waals surface area contributed by atoms with Crippen molar-refractivity contribution in [2.45, 2.75) is 57.8 Å². The molecule has 5 heteroatoms. The maximum absolute atomic E-state index is 13.7. The van der Waals surface area contributed by atoms with E-state index < -0.39 is 0 Å². The Morgan fingerprint density at radius 3 is 2.84 bits per heavy atom. The number of amides is 1. The number of nitrogens with zero attached hydrogens (tertiary/aromatic N) is 4. The van der Waals surface area contributed by atoms with Gasteiger partial charge in [-0.05, 0) is 56.4 Å². The molecule has 3 saturated heterocycles. The van der Waals surface area contributed by atoms with Crippen LogP contribution in [0.25, 0.3) is 10.9 Å². The predicted molar refractivity (Wildman–Crippen MR) is 121 cm³/mol. The van der Waals surface area contributed by atoms with Crippen LogP contribution in [0.5, 0.6) is 0 Å². The third-order valence-corrected chi connectivity index (χ3v) is 8.05. The fourth-order valence-electron chi connectivity index (χ4n) is 6.68. The summed E-state index contributed by atoms with van der Waals surface area (Å²) in [5, 5.41) is 1.34. The smallest absolute Gasteiger partial charge is 0.230 e. The van der Waals surface area contributed by atoms with Crippen molar-refractivity contribution < 1.29 is 4.79 Å². The number of carbonyl (C=O) groups is 1. The topological polar surface area (TPSA) is 41.4 Å². The molecule has 5 nitrogen and oxygen atoms in total. The molecule has 2 aromatic heterocycles. The number of aromatic nitrogens is 2. The van der Waals surface area contributed by atoms with E-state index in [2.05, 4.69) is 56.9 Å². The molecule has 1 amide bonds. The Bertz CT molecular complexity index is 1170. The second-order valence-corrected chi connectivity index (χ2v) is 9.81. The summed E-state index contributed by atoms with van der Waals surface area (Å²) >= 11 is 0. The molecule has 1 spiro atoms. The number of hydrogen-bond donors (Lipinski definition) is 0. The highest BCUT2D eigenvalue weighted by molar-refractivity contribution is 5.87. The van der Waals surface area contributed by atoms with Crippen LogP contribution in [-0.4, -0.2) is 43.9 Å². The number of likely N-dealkylation sites (tertiary alicyclic amines) is 1. The molecule has 1 aromatic carbocycles. The van der Waals surface area contributed by atoms with E-state index in [4.69, 9.17) is 0 Å². The van der Waals surface area contributed by atoms with Gasteiger partial charge in [0.05, 0.1) is 17.7 Å². The zero-order chi connectivity index (χ0) is 21.2. The molecule has 5 heterocycles. The lowest BCUT2D eigenvalue weighted by Gasteiger charge is -2.32. The van der Waals surface area contributed by atoms with Gasteiger partial charge in [0.25, 0.3) is 0 Å². The Morgan fingerprint density at radius 1 is 1.10 bits per heavy atom. The van der Waals surface area contributed by atoms with Gasteiger partial charge in [-0.2, -0.15) is 0 Å². The molecule has 0 radical (unpaired) electrons.